The van der Waals surface area contributed by atoms with E-state index in [1.165, 1.54) is 10.4 Å². The van der Waals surface area contributed by atoms with Crippen molar-refractivity contribution in [3.63, 3.8) is 0 Å². The summed E-state index contributed by atoms with van der Waals surface area (Å²) < 4.78 is 13.4. The van der Waals surface area contributed by atoms with Crippen molar-refractivity contribution in [3.8, 4) is 0 Å². The molecule has 0 aliphatic carbocycles. The maximum Gasteiger partial charge on any atom is 0.123 e. The first-order valence-corrected chi connectivity index (χ1v) is 7.81. The highest BCUT2D eigenvalue weighted by Crippen LogP contribution is 2.34. The summed E-state index contributed by atoms with van der Waals surface area (Å²) in [5.74, 6) is -0.130. The fraction of sp³-hybridized carbons (Fsp3) is 0.438. The van der Waals surface area contributed by atoms with Crippen LogP contribution in [0.15, 0.2) is 24.4 Å². The van der Waals surface area contributed by atoms with E-state index in [9.17, 15) is 4.39 Å². The number of benzene rings is 1. The third-order valence-electron chi connectivity index (χ3n) is 4.14. The average Bonchev–Trinajstić information content (AvgIpc) is 2.80. The van der Waals surface area contributed by atoms with Crippen LogP contribution < -0.4 is 0 Å². The summed E-state index contributed by atoms with van der Waals surface area (Å²) >= 11 is 1.76. The molecule has 0 spiro atoms. The SMILES string of the molecule is Cc1ncc(CN2C(C)Cc3cc(F)ccc3C2C)s1. The van der Waals surface area contributed by atoms with Crippen molar-refractivity contribution in [1.82, 2.24) is 9.88 Å². The summed E-state index contributed by atoms with van der Waals surface area (Å²) in [6.45, 7) is 7.39. The molecule has 0 saturated heterocycles. The van der Waals surface area contributed by atoms with E-state index >= 15 is 0 Å². The second-order valence-corrected chi connectivity index (χ2v) is 6.91. The van der Waals surface area contributed by atoms with Crippen molar-refractivity contribution in [2.24, 2.45) is 0 Å². The van der Waals surface area contributed by atoms with Crippen LogP contribution in [0, 0.1) is 12.7 Å². The summed E-state index contributed by atoms with van der Waals surface area (Å²) in [4.78, 5) is 8.11. The van der Waals surface area contributed by atoms with Crippen molar-refractivity contribution in [2.45, 2.75) is 45.8 Å². The molecular weight excluding hydrogens is 271 g/mol. The Morgan fingerprint density at radius 2 is 2.20 bits per heavy atom. The minimum Gasteiger partial charge on any atom is -0.288 e. The van der Waals surface area contributed by atoms with Gasteiger partial charge in [-0.05, 0) is 50.5 Å². The molecule has 1 aromatic heterocycles. The third-order valence-corrected chi connectivity index (χ3v) is 5.04. The zero-order valence-corrected chi connectivity index (χ0v) is 12.9. The first kappa shape index (κ1) is 13.7. The second kappa shape index (κ2) is 5.26. The Labute approximate surface area is 123 Å². The van der Waals surface area contributed by atoms with Gasteiger partial charge in [-0.2, -0.15) is 0 Å². The Morgan fingerprint density at radius 1 is 1.40 bits per heavy atom. The molecule has 4 heteroatoms. The van der Waals surface area contributed by atoms with Crippen molar-refractivity contribution in [3.05, 3.63) is 51.2 Å². The summed E-state index contributed by atoms with van der Waals surface area (Å²) in [5.41, 5.74) is 2.41. The van der Waals surface area contributed by atoms with Crippen LogP contribution in [-0.2, 0) is 13.0 Å². The van der Waals surface area contributed by atoms with Crippen LogP contribution in [0.3, 0.4) is 0 Å². The summed E-state index contributed by atoms with van der Waals surface area (Å²) in [5, 5.41) is 1.11. The van der Waals surface area contributed by atoms with Crippen LogP contribution in [0.5, 0.6) is 0 Å². The number of halogens is 1. The molecule has 0 fully saturated rings. The molecule has 1 aromatic carbocycles. The van der Waals surface area contributed by atoms with Crippen LogP contribution >= 0.6 is 11.3 Å². The first-order valence-electron chi connectivity index (χ1n) is 7.00. The first-order chi connectivity index (χ1) is 9.54. The topological polar surface area (TPSA) is 16.1 Å². The Bertz CT molecular complexity index is 623. The lowest BCUT2D eigenvalue weighted by Crippen LogP contribution is -2.40. The molecule has 0 bridgehead atoms. The Morgan fingerprint density at radius 3 is 2.90 bits per heavy atom. The zero-order valence-electron chi connectivity index (χ0n) is 12.1. The molecule has 3 rings (SSSR count). The van der Waals surface area contributed by atoms with E-state index in [-0.39, 0.29) is 5.82 Å². The summed E-state index contributed by atoms with van der Waals surface area (Å²) in [6, 6.07) is 5.93. The van der Waals surface area contributed by atoms with Gasteiger partial charge in [0.1, 0.15) is 5.82 Å². The smallest absolute Gasteiger partial charge is 0.123 e. The van der Waals surface area contributed by atoms with Gasteiger partial charge in [-0.25, -0.2) is 9.37 Å². The number of aromatic nitrogens is 1. The molecule has 2 atom stereocenters. The molecule has 2 nitrogen and oxygen atoms in total. The summed E-state index contributed by atoms with van der Waals surface area (Å²) in [6.07, 6.45) is 2.88. The van der Waals surface area contributed by atoms with Gasteiger partial charge >= 0.3 is 0 Å². The average molecular weight is 290 g/mol. The maximum atomic E-state index is 13.4. The number of fused-ring (bicyclic) bond motifs is 1. The largest absolute Gasteiger partial charge is 0.288 e. The van der Waals surface area contributed by atoms with E-state index in [0.29, 0.717) is 12.1 Å². The van der Waals surface area contributed by atoms with Gasteiger partial charge in [0.2, 0.25) is 0 Å². The van der Waals surface area contributed by atoms with Gasteiger partial charge in [-0.15, -0.1) is 11.3 Å². The number of rotatable bonds is 2. The monoisotopic (exact) mass is 290 g/mol. The van der Waals surface area contributed by atoms with E-state index in [1.807, 2.05) is 19.2 Å². The molecule has 0 amide bonds. The lowest BCUT2D eigenvalue weighted by atomic mass is 9.89. The van der Waals surface area contributed by atoms with Crippen molar-refractivity contribution < 1.29 is 4.39 Å². The van der Waals surface area contributed by atoms with Crippen molar-refractivity contribution in [1.29, 1.82) is 0 Å². The molecule has 2 unspecified atom stereocenters. The summed E-state index contributed by atoms with van der Waals surface area (Å²) in [7, 11) is 0. The zero-order chi connectivity index (χ0) is 14.3. The predicted octanol–water partition coefficient (Wildman–Crippen LogP) is 4.10. The van der Waals surface area contributed by atoms with E-state index in [4.69, 9.17) is 0 Å². The molecule has 1 aliphatic rings. The normalized spacial score (nSPS) is 22.8. The van der Waals surface area contributed by atoms with E-state index in [0.717, 1.165) is 23.5 Å². The second-order valence-electron chi connectivity index (χ2n) is 5.59. The molecule has 0 N–H and O–H groups in total. The molecule has 2 aromatic rings. The van der Waals surface area contributed by atoms with Gasteiger partial charge in [-0.1, -0.05) is 6.07 Å². The number of thiazole rings is 1. The molecule has 0 saturated carbocycles. The Balaban J connectivity index is 1.88. The fourth-order valence-electron chi connectivity index (χ4n) is 3.11. The predicted molar refractivity (Wildman–Crippen MR) is 80.4 cm³/mol. The third kappa shape index (κ3) is 2.50. The van der Waals surface area contributed by atoms with Gasteiger partial charge in [-0.3, -0.25) is 4.90 Å². The van der Waals surface area contributed by atoms with Crippen LogP contribution in [0.1, 0.15) is 40.9 Å². The molecular formula is C16H19FN2S. The van der Waals surface area contributed by atoms with Crippen LogP contribution in [-0.4, -0.2) is 15.9 Å². The van der Waals surface area contributed by atoms with Gasteiger partial charge < -0.3 is 0 Å². The highest BCUT2D eigenvalue weighted by molar-refractivity contribution is 7.11. The minimum atomic E-state index is -0.130. The fourth-order valence-corrected chi connectivity index (χ4v) is 3.91. The molecule has 0 radical (unpaired) electrons. The van der Waals surface area contributed by atoms with Crippen LogP contribution in [0.4, 0.5) is 4.39 Å². The number of nitrogens with zero attached hydrogens (tertiary/aromatic N) is 2. The van der Waals surface area contributed by atoms with E-state index in [1.54, 1.807) is 23.5 Å². The molecule has 1 aliphatic heterocycles. The Hall–Kier alpha value is -1.26. The number of hydrogen-bond acceptors (Lipinski definition) is 3. The molecule has 106 valence electrons. The van der Waals surface area contributed by atoms with Gasteiger partial charge in [0.25, 0.3) is 0 Å². The van der Waals surface area contributed by atoms with Gasteiger partial charge in [0.05, 0.1) is 5.01 Å². The van der Waals surface area contributed by atoms with E-state index < -0.39 is 0 Å². The number of hydrogen-bond donors (Lipinski definition) is 0. The highest BCUT2D eigenvalue weighted by Gasteiger charge is 2.29. The van der Waals surface area contributed by atoms with Gasteiger partial charge in [0, 0.05) is 29.7 Å². The highest BCUT2D eigenvalue weighted by atomic mass is 32.1. The Kier molecular flexibility index (Phi) is 3.61. The van der Waals surface area contributed by atoms with Crippen molar-refractivity contribution in [2.75, 3.05) is 0 Å². The standard InChI is InChI=1S/C16H19FN2S/c1-10-6-13-7-14(17)4-5-16(13)11(2)19(10)9-15-8-18-12(3)20-15/h4-5,7-8,10-11H,6,9H2,1-3H3. The quantitative estimate of drug-likeness (QED) is 0.828. The number of aryl methyl sites for hydroxylation is 1. The molecule has 20 heavy (non-hydrogen) atoms. The maximum absolute atomic E-state index is 13.4. The van der Waals surface area contributed by atoms with Crippen molar-refractivity contribution >= 4 is 11.3 Å². The minimum absolute atomic E-state index is 0.130. The lowest BCUT2D eigenvalue weighted by molar-refractivity contribution is 0.130. The lowest BCUT2D eigenvalue weighted by Gasteiger charge is -2.40. The van der Waals surface area contributed by atoms with E-state index in [2.05, 4.69) is 23.7 Å². The van der Waals surface area contributed by atoms with Gasteiger partial charge in [0.15, 0.2) is 0 Å². The van der Waals surface area contributed by atoms with Crippen LogP contribution in [0.2, 0.25) is 0 Å². The molecule has 2 heterocycles. The van der Waals surface area contributed by atoms with Crippen LogP contribution in [0.25, 0.3) is 0 Å².